The Kier molecular flexibility index (Phi) is 6.39. The van der Waals surface area contributed by atoms with Gasteiger partial charge in [0.2, 0.25) is 5.91 Å². The number of benzene rings is 2. The molecular formula is C27H32N2O5. The first-order chi connectivity index (χ1) is 16.2. The summed E-state index contributed by atoms with van der Waals surface area (Å²) in [5.41, 5.74) is 2.52. The van der Waals surface area contributed by atoms with Crippen molar-refractivity contribution in [1.82, 2.24) is 10.2 Å². The van der Waals surface area contributed by atoms with Crippen molar-refractivity contribution in [2.24, 2.45) is 0 Å². The van der Waals surface area contributed by atoms with Crippen LogP contribution in [0.3, 0.4) is 0 Å². The molecule has 34 heavy (non-hydrogen) atoms. The minimum Gasteiger partial charge on any atom is -0.479 e. The van der Waals surface area contributed by atoms with Gasteiger partial charge in [0, 0.05) is 24.4 Å². The van der Waals surface area contributed by atoms with Crippen LogP contribution < -0.4 is 5.32 Å². The average molecular weight is 465 g/mol. The normalized spacial score (nSPS) is 19.4. The van der Waals surface area contributed by atoms with Gasteiger partial charge in [-0.25, -0.2) is 9.59 Å². The number of carboxylic acid groups (broad SMARTS) is 1. The smallest absolute Gasteiger partial charge is 0.407 e. The highest BCUT2D eigenvalue weighted by Gasteiger charge is 2.49. The number of nitrogens with zero attached hydrogens (tertiary/aromatic N) is 1. The highest BCUT2D eigenvalue weighted by Crippen LogP contribution is 2.44. The third-order valence-corrected chi connectivity index (χ3v) is 7.15. The van der Waals surface area contributed by atoms with Gasteiger partial charge in [0.25, 0.3) is 0 Å². The van der Waals surface area contributed by atoms with Gasteiger partial charge in [-0.15, -0.1) is 0 Å². The molecule has 1 fully saturated rings. The molecule has 0 spiro atoms. The second-order valence-corrected chi connectivity index (χ2v) is 9.85. The van der Waals surface area contributed by atoms with E-state index in [1.807, 2.05) is 24.3 Å². The van der Waals surface area contributed by atoms with Crippen LogP contribution in [0, 0.1) is 0 Å². The third kappa shape index (κ3) is 4.27. The van der Waals surface area contributed by atoms with E-state index in [-0.39, 0.29) is 24.9 Å². The fourth-order valence-electron chi connectivity index (χ4n) is 5.41. The summed E-state index contributed by atoms with van der Waals surface area (Å²) in [6, 6.07) is 16.2. The number of likely N-dealkylation sites (tertiary alicyclic amines) is 1. The minimum atomic E-state index is -1.16. The maximum Gasteiger partial charge on any atom is 0.407 e. The molecule has 2 aromatic rings. The first kappa shape index (κ1) is 23.8. The van der Waals surface area contributed by atoms with Gasteiger partial charge in [0.1, 0.15) is 12.1 Å². The molecule has 1 saturated heterocycles. The van der Waals surface area contributed by atoms with E-state index in [1.54, 1.807) is 20.8 Å². The van der Waals surface area contributed by atoms with Gasteiger partial charge >= 0.3 is 12.1 Å². The largest absolute Gasteiger partial charge is 0.479 e. The topological polar surface area (TPSA) is 95.9 Å². The Labute approximate surface area is 200 Å². The lowest BCUT2D eigenvalue weighted by atomic mass is 9.91. The number of aliphatic carboxylic acids is 1. The summed E-state index contributed by atoms with van der Waals surface area (Å²) < 4.78 is 5.61. The summed E-state index contributed by atoms with van der Waals surface area (Å²) in [4.78, 5) is 39.1. The van der Waals surface area contributed by atoms with E-state index in [1.165, 1.54) is 4.90 Å². The molecule has 1 aliphatic heterocycles. The average Bonchev–Trinajstić information content (AvgIpc) is 3.37. The van der Waals surface area contributed by atoms with E-state index in [0.717, 1.165) is 22.3 Å². The van der Waals surface area contributed by atoms with Crippen LogP contribution in [-0.2, 0) is 14.3 Å². The molecule has 2 N–H and O–H groups in total. The van der Waals surface area contributed by atoms with Crippen LogP contribution in [0.25, 0.3) is 11.1 Å². The van der Waals surface area contributed by atoms with Crippen molar-refractivity contribution in [3.8, 4) is 11.1 Å². The van der Waals surface area contributed by atoms with Gasteiger partial charge in [0.15, 0.2) is 0 Å². The fourth-order valence-corrected chi connectivity index (χ4v) is 5.41. The summed E-state index contributed by atoms with van der Waals surface area (Å²) in [6.07, 6.45) is 0.860. The molecule has 0 aromatic heterocycles. The molecule has 4 rings (SSSR count). The zero-order valence-corrected chi connectivity index (χ0v) is 20.0. The number of ether oxygens (including phenoxy) is 1. The van der Waals surface area contributed by atoms with Crippen molar-refractivity contribution < 1.29 is 24.2 Å². The van der Waals surface area contributed by atoms with Gasteiger partial charge in [-0.05, 0) is 55.4 Å². The summed E-state index contributed by atoms with van der Waals surface area (Å²) in [5.74, 6) is -1.29. The number of hydrogen-bond acceptors (Lipinski definition) is 4. The Hall–Kier alpha value is -3.35. The molecule has 1 atom stereocenters. The molecule has 2 aromatic carbocycles. The first-order valence-corrected chi connectivity index (χ1v) is 11.9. The third-order valence-electron chi connectivity index (χ3n) is 7.15. The van der Waals surface area contributed by atoms with Crippen LogP contribution in [0.5, 0.6) is 0 Å². The van der Waals surface area contributed by atoms with Crippen molar-refractivity contribution in [3.05, 3.63) is 59.7 Å². The van der Waals surface area contributed by atoms with Gasteiger partial charge in [-0.1, -0.05) is 55.5 Å². The first-order valence-electron chi connectivity index (χ1n) is 11.9. The van der Waals surface area contributed by atoms with E-state index < -0.39 is 23.1 Å². The zero-order chi connectivity index (χ0) is 24.5. The number of carbonyl (C=O) groups is 3. The van der Waals surface area contributed by atoms with E-state index in [9.17, 15) is 19.5 Å². The molecule has 1 unspecified atom stereocenters. The predicted molar refractivity (Wildman–Crippen MR) is 129 cm³/mol. The lowest BCUT2D eigenvalue weighted by molar-refractivity contribution is -0.157. The number of fused-ring (bicyclic) bond motifs is 3. The maximum absolute atomic E-state index is 13.0. The van der Waals surface area contributed by atoms with Gasteiger partial charge in [-0.2, -0.15) is 0 Å². The van der Waals surface area contributed by atoms with E-state index >= 15 is 0 Å². The standard InChI is InChI=1S/C27H32N2O5/c1-4-27(24(31)32)14-9-15-29(27)23(30)16-26(2,3)28-25(33)34-17-22-20-12-7-5-10-18(20)19-11-6-8-13-21(19)22/h5-8,10-13,22H,4,9,14-17H2,1-3H3,(H,28,33)(H,31,32). The number of hydrogen-bond donors (Lipinski definition) is 2. The molecule has 7 nitrogen and oxygen atoms in total. The second kappa shape index (κ2) is 9.12. The lowest BCUT2D eigenvalue weighted by Crippen LogP contribution is -2.55. The molecule has 2 amide bonds. The number of amides is 2. The van der Waals surface area contributed by atoms with Crippen LogP contribution in [-0.4, -0.2) is 52.2 Å². The highest BCUT2D eigenvalue weighted by atomic mass is 16.5. The number of alkyl carbamates (subject to hydrolysis) is 1. The Balaban J connectivity index is 1.39. The Bertz CT molecular complexity index is 1070. The van der Waals surface area contributed by atoms with Crippen molar-refractivity contribution in [1.29, 1.82) is 0 Å². The predicted octanol–water partition coefficient (Wildman–Crippen LogP) is 4.55. The van der Waals surface area contributed by atoms with E-state index in [2.05, 4.69) is 29.6 Å². The Morgan fingerprint density at radius 1 is 1.09 bits per heavy atom. The SMILES string of the molecule is CCC1(C(=O)O)CCCN1C(=O)CC(C)(C)NC(=O)OCC1c2ccccc2-c2ccccc21. The van der Waals surface area contributed by atoms with Crippen LogP contribution >= 0.6 is 0 Å². The number of nitrogens with one attached hydrogen (secondary N) is 1. The summed E-state index contributed by atoms with van der Waals surface area (Å²) in [5, 5.41) is 12.6. The Morgan fingerprint density at radius 3 is 2.24 bits per heavy atom. The van der Waals surface area contributed by atoms with Crippen LogP contribution in [0.15, 0.2) is 48.5 Å². The minimum absolute atomic E-state index is 0.00771. The second-order valence-electron chi connectivity index (χ2n) is 9.85. The molecule has 0 bridgehead atoms. The number of carbonyl (C=O) groups excluding carboxylic acids is 2. The molecule has 7 heteroatoms. The van der Waals surface area contributed by atoms with Crippen LogP contribution in [0.1, 0.15) is 63.5 Å². The maximum atomic E-state index is 13.0. The van der Waals surface area contributed by atoms with Gasteiger partial charge in [0.05, 0.1) is 0 Å². The fraction of sp³-hybridized carbons (Fsp3) is 0.444. The van der Waals surface area contributed by atoms with Crippen molar-refractivity contribution in [3.63, 3.8) is 0 Å². The Morgan fingerprint density at radius 2 is 1.68 bits per heavy atom. The quantitative estimate of drug-likeness (QED) is 0.627. The monoisotopic (exact) mass is 464 g/mol. The van der Waals surface area contributed by atoms with Crippen LogP contribution in [0.4, 0.5) is 4.79 Å². The number of carboxylic acids is 1. The highest BCUT2D eigenvalue weighted by molar-refractivity contribution is 5.88. The number of rotatable bonds is 7. The molecule has 2 aliphatic rings. The molecule has 0 saturated carbocycles. The van der Waals surface area contributed by atoms with E-state index in [0.29, 0.717) is 25.8 Å². The lowest BCUT2D eigenvalue weighted by Gasteiger charge is -2.36. The van der Waals surface area contributed by atoms with Crippen molar-refractivity contribution in [2.75, 3.05) is 13.2 Å². The summed E-state index contributed by atoms with van der Waals surface area (Å²) in [7, 11) is 0. The molecule has 1 heterocycles. The molecule has 0 radical (unpaired) electrons. The van der Waals surface area contributed by atoms with Crippen molar-refractivity contribution >= 4 is 18.0 Å². The van der Waals surface area contributed by atoms with Crippen molar-refractivity contribution in [2.45, 2.75) is 63.5 Å². The zero-order valence-electron chi connectivity index (χ0n) is 20.0. The van der Waals surface area contributed by atoms with Gasteiger partial charge in [-0.3, -0.25) is 4.79 Å². The van der Waals surface area contributed by atoms with E-state index in [4.69, 9.17) is 4.74 Å². The summed E-state index contributed by atoms with van der Waals surface area (Å²) >= 11 is 0. The summed E-state index contributed by atoms with van der Waals surface area (Å²) in [6.45, 7) is 5.89. The molecular weight excluding hydrogens is 432 g/mol. The molecule has 1 aliphatic carbocycles. The van der Waals surface area contributed by atoms with Gasteiger partial charge < -0.3 is 20.1 Å². The molecule has 180 valence electrons. The van der Waals surface area contributed by atoms with Crippen LogP contribution in [0.2, 0.25) is 0 Å².